The normalized spacial score (nSPS) is 20.5. The van der Waals surface area contributed by atoms with E-state index in [1.54, 1.807) is 0 Å². The molecule has 0 amide bonds. The van der Waals surface area contributed by atoms with Crippen molar-refractivity contribution < 1.29 is 13.5 Å². The topological polar surface area (TPSA) is 95.4 Å². The molecule has 2 heterocycles. The third-order valence-corrected chi connectivity index (χ3v) is 6.28. The lowest BCUT2D eigenvalue weighted by atomic mass is 9.87. The number of β-amino-alcohol motifs (C(OH)–C–C–N with tert-alkyl or cyclic N) is 1. The zero-order valence-electron chi connectivity index (χ0n) is 16.8. The summed E-state index contributed by atoms with van der Waals surface area (Å²) >= 11 is 0. The van der Waals surface area contributed by atoms with Crippen molar-refractivity contribution in [2.75, 3.05) is 18.0 Å². The molecule has 152 valence electrons. The summed E-state index contributed by atoms with van der Waals surface area (Å²) in [6, 6.07) is 10.7. The van der Waals surface area contributed by atoms with Crippen LogP contribution in [0.2, 0.25) is 0 Å². The molecular weight excluding hydrogens is 376 g/mol. The molecule has 2 atom stereocenters. The highest BCUT2D eigenvalue weighted by Gasteiger charge is 2.35. The fourth-order valence-electron chi connectivity index (χ4n) is 3.24. The molecule has 1 aliphatic rings. The molecule has 1 saturated heterocycles. The third kappa shape index (κ3) is 5.06. The number of hydrogen-bond acceptors (Lipinski definition) is 6. The van der Waals surface area contributed by atoms with Gasteiger partial charge >= 0.3 is 0 Å². The van der Waals surface area contributed by atoms with Gasteiger partial charge in [0.15, 0.2) is 5.82 Å². The zero-order chi connectivity index (χ0) is 20.5. The van der Waals surface area contributed by atoms with Crippen LogP contribution in [0.4, 0.5) is 5.82 Å². The van der Waals surface area contributed by atoms with Crippen molar-refractivity contribution in [1.29, 1.82) is 0 Å². The minimum Gasteiger partial charge on any atom is -0.390 e. The van der Waals surface area contributed by atoms with Crippen LogP contribution >= 0.6 is 0 Å². The Morgan fingerprint density at radius 1 is 1.11 bits per heavy atom. The first-order valence-corrected chi connectivity index (χ1v) is 11.0. The number of nitrogens with one attached hydrogen (secondary N) is 1. The Hall–Kier alpha value is -2.03. The summed E-state index contributed by atoms with van der Waals surface area (Å²) in [7, 11) is -3.58. The molecule has 1 aliphatic heterocycles. The van der Waals surface area contributed by atoms with Crippen molar-refractivity contribution in [1.82, 2.24) is 14.9 Å². The lowest BCUT2D eigenvalue weighted by Crippen LogP contribution is -2.43. The Morgan fingerprint density at radius 2 is 1.79 bits per heavy atom. The van der Waals surface area contributed by atoms with Gasteiger partial charge in [-0.3, -0.25) is 0 Å². The van der Waals surface area contributed by atoms with Crippen LogP contribution in [0.15, 0.2) is 36.4 Å². The molecule has 0 unspecified atom stereocenters. The molecule has 28 heavy (non-hydrogen) atoms. The zero-order valence-corrected chi connectivity index (χ0v) is 17.6. The smallest absolute Gasteiger partial charge is 0.216 e. The van der Waals surface area contributed by atoms with Gasteiger partial charge in [-0.25, -0.2) is 13.1 Å². The summed E-state index contributed by atoms with van der Waals surface area (Å²) in [4.78, 5) is 1.84. The SMILES string of the molecule is Cc1ccc(N2C[C@H](O)[C@H](NS(=O)(=O)Cc3ccc(C(C)(C)C)cc3)C2)nn1. The van der Waals surface area contributed by atoms with Gasteiger partial charge in [-0.1, -0.05) is 45.0 Å². The lowest BCUT2D eigenvalue weighted by Gasteiger charge is -2.19. The summed E-state index contributed by atoms with van der Waals surface area (Å²) in [6.45, 7) is 8.86. The molecule has 7 nitrogen and oxygen atoms in total. The second-order valence-corrected chi connectivity index (χ2v) is 10.2. The Balaban J connectivity index is 1.64. The van der Waals surface area contributed by atoms with Crippen LogP contribution in [0, 0.1) is 6.92 Å². The maximum atomic E-state index is 12.6. The highest BCUT2D eigenvalue weighted by molar-refractivity contribution is 7.88. The number of nitrogens with zero attached hydrogens (tertiary/aromatic N) is 3. The maximum absolute atomic E-state index is 12.6. The minimum atomic E-state index is -3.58. The largest absolute Gasteiger partial charge is 0.390 e. The number of benzene rings is 1. The van der Waals surface area contributed by atoms with Gasteiger partial charge in [-0.05, 0) is 35.6 Å². The maximum Gasteiger partial charge on any atom is 0.216 e. The standard InChI is InChI=1S/C20H28N4O3S/c1-14-5-10-19(22-21-14)24-11-17(18(25)12-24)23-28(26,27)13-15-6-8-16(9-7-15)20(2,3)4/h5-10,17-18,23,25H,11-13H2,1-4H3/t17-,18+/m1/s1. The lowest BCUT2D eigenvalue weighted by molar-refractivity contribution is 0.174. The number of sulfonamides is 1. The van der Waals surface area contributed by atoms with Crippen LogP contribution in [0.5, 0.6) is 0 Å². The Kier molecular flexibility index (Phi) is 5.74. The van der Waals surface area contributed by atoms with E-state index in [1.807, 2.05) is 48.2 Å². The van der Waals surface area contributed by atoms with Crippen molar-refractivity contribution in [3.8, 4) is 0 Å². The van der Waals surface area contributed by atoms with Crippen molar-refractivity contribution in [2.45, 2.75) is 51.0 Å². The Bertz CT molecular complexity index is 906. The van der Waals surface area contributed by atoms with Gasteiger partial charge in [0.1, 0.15) is 0 Å². The fourth-order valence-corrected chi connectivity index (χ4v) is 4.65. The molecule has 1 aromatic carbocycles. The number of hydrogen-bond donors (Lipinski definition) is 2. The van der Waals surface area contributed by atoms with Gasteiger partial charge in [-0.2, -0.15) is 5.10 Å². The van der Waals surface area contributed by atoms with Crippen LogP contribution in [-0.4, -0.2) is 49.0 Å². The second-order valence-electron chi connectivity index (χ2n) is 8.44. The van der Waals surface area contributed by atoms with E-state index in [9.17, 15) is 13.5 Å². The monoisotopic (exact) mass is 404 g/mol. The number of aryl methyl sites for hydroxylation is 1. The average Bonchev–Trinajstić information content (AvgIpc) is 2.94. The van der Waals surface area contributed by atoms with E-state index in [1.165, 1.54) is 0 Å². The van der Waals surface area contributed by atoms with E-state index in [2.05, 4.69) is 35.7 Å². The summed E-state index contributed by atoms with van der Waals surface area (Å²) < 4.78 is 27.8. The molecule has 0 bridgehead atoms. The summed E-state index contributed by atoms with van der Waals surface area (Å²) in [5.74, 6) is 0.509. The highest BCUT2D eigenvalue weighted by Crippen LogP contribution is 2.23. The summed E-state index contributed by atoms with van der Waals surface area (Å²) in [5.41, 5.74) is 2.70. The molecule has 0 spiro atoms. The molecule has 0 saturated carbocycles. The van der Waals surface area contributed by atoms with Crippen LogP contribution in [0.25, 0.3) is 0 Å². The van der Waals surface area contributed by atoms with Crippen LogP contribution in [0.3, 0.4) is 0 Å². The van der Waals surface area contributed by atoms with E-state index in [0.29, 0.717) is 24.5 Å². The number of aliphatic hydroxyl groups is 1. The first-order chi connectivity index (χ1) is 13.0. The third-order valence-electron chi connectivity index (χ3n) is 4.90. The molecule has 1 fully saturated rings. The van der Waals surface area contributed by atoms with E-state index < -0.39 is 22.2 Å². The Morgan fingerprint density at radius 3 is 2.36 bits per heavy atom. The van der Waals surface area contributed by atoms with Crippen molar-refractivity contribution >= 4 is 15.8 Å². The van der Waals surface area contributed by atoms with Crippen LogP contribution in [0.1, 0.15) is 37.6 Å². The predicted octanol–water partition coefficient (Wildman–Crippen LogP) is 1.75. The van der Waals surface area contributed by atoms with E-state index in [-0.39, 0.29) is 11.2 Å². The molecule has 2 aromatic rings. The minimum absolute atomic E-state index is 0.0198. The van der Waals surface area contributed by atoms with Gasteiger partial charge in [-0.15, -0.1) is 5.10 Å². The quantitative estimate of drug-likeness (QED) is 0.788. The summed E-state index contributed by atoms with van der Waals surface area (Å²) in [6.07, 6.45) is -0.804. The summed E-state index contributed by atoms with van der Waals surface area (Å²) in [5, 5.41) is 18.4. The Labute approximate surface area is 166 Å². The molecule has 0 radical (unpaired) electrons. The average molecular weight is 405 g/mol. The highest BCUT2D eigenvalue weighted by atomic mass is 32.2. The van der Waals surface area contributed by atoms with E-state index >= 15 is 0 Å². The van der Waals surface area contributed by atoms with Crippen LogP contribution < -0.4 is 9.62 Å². The van der Waals surface area contributed by atoms with Gasteiger partial charge < -0.3 is 10.0 Å². The van der Waals surface area contributed by atoms with Crippen molar-refractivity contribution in [3.05, 3.63) is 53.2 Å². The predicted molar refractivity (Wildman–Crippen MR) is 110 cm³/mol. The number of anilines is 1. The molecule has 8 heteroatoms. The van der Waals surface area contributed by atoms with Gasteiger partial charge in [0.2, 0.25) is 10.0 Å². The number of aliphatic hydroxyl groups excluding tert-OH is 1. The molecular formula is C20H28N4O3S. The fraction of sp³-hybridized carbons (Fsp3) is 0.500. The first kappa shape index (κ1) is 20.7. The van der Waals surface area contributed by atoms with Crippen molar-refractivity contribution in [2.24, 2.45) is 0 Å². The second kappa shape index (κ2) is 7.77. The van der Waals surface area contributed by atoms with Gasteiger partial charge in [0.25, 0.3) is 0 Å². The first-order valence-electron chi connectivity index (χ1n) is 9.36. The van der Waals surface area contributed by atoms with Gasteiger partial charge in [0.05, 0.1) is 23.6 Å². The number of rotatable bonds is 5. The number of aromatic nitrogens is 2. The molecule has 3 rings (SSSR count). The van der Waals surface area contributed by atoms with Crippen molar-refractivity contribution in [3.63, 3.8) is 0 Å². The van der Waals surface area contributed by atoms with E-state index in [0.717, 1.165) is 11.3 Å². The van der Waals surface area contributed by atoms with Gasteiger partial charge in [0, 0.05) is 13.1 Å². The molecule has 0 aliphatic carbocycles. The van der Waals surface area contributed by atoms with Crippen LogP contribution in [-0.2, 0) is 21.2 Å². The molecule has 2 N–H and O–H groups in total. The van der Waals surface area contributed by atoms with E-state index in [4.69, 9.17) is 0 Å². The molecule has 1 aromatic heterocycles.